The van der Waals surface area contributed by atoms with Crippen LogP contribution in [0.2, 0.25) is 5.02 Å². The summed E-state index contributed by atoms with van der Waals surface area (Å²) in [5, 5.41) is 10.4. The standard InChI is InChI=1S/C14H14ClNO2/c1-9-7-14(18)11(10(2)17)8-16(9)13-6-4-3-5-12(13)15/h3-7,18H,8H2,1-2H3. The van der Waals surface area contributed by atoms with Crippen LogP contribution in [0, 0.1) is 0 Å². The van der Waals surface area contributed by atoms with Gasteiger partial charge in [0.1, 0.15) is 5.76 Å². The Kier molecular flexibility index (Phi) is 3.43. The molecule has 0 saturated heterocycles. The molecule has 1 N–H and O–H groups in total. The summed E-state index contributed by atoms with van der Waals surface area (Å²) in [6, 6.07) is 7.43. The van der Waals surface area contributed by atoms with E-state index in [0.29, 0.717) is 17.1 Å². The monoisotopic (exact) mass is 263 g/mol. The molecule has 1 aromatic rings. The van der Waals surface area contributed by atoms with Gasteiger partial charge in [0.05, 0.1) is 22.8 Å². The van der Waals surface area contributed by atoms with E-state index in [0.717, 1.165) is 11.4 Å². The molecule has 1 aliphatic heterocycles. The van der Waals surface area contributed by atoms with Gasteiger partial charge in [-0.1, -0.05) is 23.7 Å². The molecule has 0 fully saturated rings. The summed E-state index contributed by atoms with van der Waals surface area (Å²) in [5.74, 6) is -0.0865. The number of aliphatic hydroxyl groups is 1. The van der Waals surface area contributed by atoms with Crippen LogP contribution < -0.4 is 4.90 Å². The lowest BCUT2D eigenvalue weighted by atomic mass is 10.0. The number of Topliss-reactive ketones (excluding diaryl/α,β-unsaturated/α-hetero) is 1. The molecule has 0 spiro atoms. The molecule has 94 valence electrons. The lowest BCUT2D eigenvalue weighted by Crippen LogP contribution is -2.30. The molecule has 0 radical (unpaired) electrons. The van der Waals surface area contributed by atoms with Crippen LogP contribution in [-0.2, 0) is 4.79 Å². The summed E-state index contributed by atoms with van der Waals surface area (Å²) in [5.41, 5.74) is 2.09. The molecule has 0 bridgehead atoms. The summed E-state index contributed by atoms with van der Waals surface area (Å²) < 4.78 is 0. The van der Waals surface area contributed by atoms with Crippen molar-refractivity contribution in [3.05, 3.63) is 52.4 Å². The van der Waals surface area contributed by atoms with Crippen molar-refractivity contribution in [2.45, 2.75) is 13.8 Å². The van der Waals surface area contributed by atoms with E-state index in [9.17, 15) is 9.90 Å². The molecular formula is C14H14ClNO2. The topological polar surface area (TPSA) is 40.5 Å². The number of carbonyl (C=O) groups excluding carboxylic acids is 1. The van der Waals surface area contributed by atoms with Gasteiger partial charge in [-0.15, -0.1) is 0 Å². The third-order valence-corrected chi connectivity index (χ3v) is 3.28. The fraction of sp³-hybridized carbons (Fsp3) is 0.214. The maximum atomic E-state index is 11.5. The second kappa shape index (κ2) is 4.86. The molecule has 1 heterocycles. The Hall–Kier alpha value is -1.74. The van der Waals surface area contributed by atoms with Crippen molar-refractivity contribution in [2.75, 3.05) is 11.4 Å². The summed E-state index contributed by atoms with van der Waals surface area (Å²) in [4.78, 5) is 13.4. The van der Waals surface area contributed by atoms with Crippen molar-refractivity contribution in [3.8, 4) is 0 Å². The van der Waals surface area contributed by atoms with E-state index in [4.69, 9.17) is 11.6 Å². The van der Waals surface area contributed by atoms with Gasteiger partial charge in [0.15, 0.2) is 5.78 Å². The number of hydrogen-bond acceptors (Lipinski definition) is 3. The van der Waals surface area contributed by atoms with E-state index >= 15 is 0 Å². The van der Waals surface area contributed by atoms with Crippen molar-refractivity contribution in [3.63, 3.8) is 0 Å². The van der Waals surface area contributed by atoms with E-state index in [-0.39, 0.29) is 11.5 Å². The minimum atomic E-state index is -0.131. The zero-order valence-electron chi connectivity index (χ0n) is 10.3. The van der Waals surface area contributed by atoms with Crippen LogP contribution in [0.5, 0.6) is 0 Å². The molecule has 1 aliphatic rings. The molecule has 0 aromatic heterocycles. The molecule has 0 amide bonds. The third-order valence-electron chi connectivity index (χ3n) is 2.97. The van der Waals surface area contributed by atoms with Gasteiger partial charge in [0, 0.05) is 5.70 Å². The number of halogens is 1. The van der Waals surface area contributed by atoms with Crippen molar-refractivity contribution in [1.29, 1.82) is 0 Å². The molecule has 0 atom stereocenters. The SMILES string of the molecule is CC(=O)C1=C(O)C=C(C)N(c2ccccc2Cl)C1. The summed E-state index contributed by atoms with van der Waals surface area (Å²) >= 11 is 6.15. The average molecular weight is 264 g/mol. The first-order valence-corrected chi connectivity index (χ1v) is 6.02. The van der Waals surface area contributed by atoms with Gasteiger partial charge >= 0.3 is 0 Å². The second-order valence-electron chi connectivity index (χ2n) is 4.24. The number of ketones is 1. The largest absolute Gasteiger partial charge is 0.507 e. The first-order valence-electron chi connectivity index (χ1n) is 5.64. The van der Waals surface area contributed by atoms with Crippen LogP contribution in [0.25, 0.3) is 0 Å². The van der Waals surface area contributed by atoms with Crippen LogP contribution in [0.3, 0.4) is 0 Å². The zero-order valence-corrected chi connectivity index (χ0v) is 11.0. The summed E-state index contributed by atoms with van der Waals surface area (Å²) in [6.07, 6.45) is 1.59. The Morgan fingerprint density at radius 2 is 2.06 bits per heavy atom. The predicted molar refractivity (Wildman–Crippen MR) is 72.9 cm³/mol. The maximum absolute atomic E-state index is 11.5. The highest BCUT2D eigenvalue weighted by atomic mass is 35.5. The molecule has 1 aromatic carbocycles. The Morgan fingerprint density at radius 1 is 1.39 bits per heavy atom. The van der Waals surface area contributed by atoms with E-state index in [2.05, 4.69) is 0 Å². The number of nitrogens with zero attached hydrogens (tertiary/aromatic N) is 1. The number of benzene rings is 1. The van der Waals surface area contributed by atoms with Crippen LogP contribution >= 0.6 is 11.6 Å². The Morgan fingerprint density at radius 3 is 2.67 bits per heavy atom. The number of allylic oxidation sites excluding steroid dienone is 2. The predicted octanol–water partition coefficient (Wildman–Crippen LogP) is 3.46. The first-order chi connectivity index (χ1) is 8.50. The Labute approximate surface area is 111 Å². The highest BCUT2D eigenvalue weighted by Gasteiger charge is 2.22. The highest BCUT2D eigenvalue weighted by Crippen LogP contribution is 2.31. The van der Waals surface area contributed by atoms with Gasteiger partial charge in [-0.3, -0.25) is 4.79 Å². The molecular weight excluding hydrogens is 250 g/mol. The van der Waals surface area contributed by atoms with E-state index in [1.54, 1.807) is 12.1 Å². The summed E-state index contributed by atoms with van der Waals surface area (Å²) in [7, 11) is 0. The molecule has 4 heteroatoms. The quantitative estimate of drug-likeness (QED) is 0.888. The fourth-order valence-corrected chi connectivity index (χ4v) is 2.20. The number of aliphatic hydroxyl groups excluding tert-OH is 1. The number of rotatable bonds is 2. The fourth-order valence-electron chi connectivity index (χ4n) is 1.96. The minimum absolute atomic E-state index is 0.0447. The number of hydrogen-bond donors (Lipinski definition) is 1. The lowest BCUT2D eigenvalue weighted by Gasteiger charge is -2.30. The minimum Gasteiger partial charge on any atom is -0.507 e. The van der Waals surface area contributed by atoms with Crippen molar-refractivity contribution in [1.82, 2.24) is 0 Å². The van der Waals surface area contributed by atoms with Gasteiger partial charge in [-0.05, 0) is 32.1 Å². The van der Waals surface area contributed by atoms with E-state index < -0.39 is 0 Å². The van der Waals surface area contributed by atoms with Gasteiger partial charge in [-0.2, -0.15) is 0 Å². The van der Waals surface area contributed by atoms with Crippen LogP contribution in [0.15, 0.2) is 47.4 Å². The van der Waals surface area contributed by atoms with Crippen molar-refractivity contribution < 1.29 is 9.90 Å². The van der Waals surface area contributed by atoms with E-state index in [1.165, 1.54) is 6.92 Å². The van der Waals surface area contributed by atoms with Crippen molar-refractivity contribution in [2.24, 2.45) is 0 Å². The smallest absolute Gasteiger partial charge is 0.161 e. The molecule has 0 saturated carbocycles. The van der Waals surface area contributed by atoms with Crippen LogP contribution in [0.4, 0.5) is 5.69 Å². The van der Waals surface area contributed by atoms with Gasteiger partial charge in [0.2, 0.25) is 0 Å². The molecule has 0 unspecified atom stereocenters. The van der Waals surface area contributed by atoms with Crippen molar-refractivity contribution >= 4 is 23.1 Å². The number of carbonyl (C=O) groups is 1. The second-order valence-corrected chi connectivity index (χ2v) is 4.65. The Balaban J connectivity index is 2.43. The molecule has 18 heavy (non-hydrogen) atoms. The average Bonchev–Trinajstić information content (AvgIpc) is 2.30. The highest BCUT2D eigenvalue weighted by molar-refractivity contribution is 6.33. The lowest BCUT2D eigenvalue weighted by molar-refractivity contribution is -0.113. The number of para-hydroxylation sites is 1. The van der Waals surface area contributed by atoms with Gasteiger partial charge in [0.25, 0.3) is 0 Å². The number of anilines is 1. The Bertz CT molecular complexity index is 561. The molecule has 3 nitrogen and oxygen atoms in total. The maximum Gasteiger partial charge on any atom is 0.161 e. The van der Waals surface area contributed by atoms with Gasteiger partial charge in [-0.25, -0.2) is 0 Å². The van der Waals surface area contributed by atoms with Gasteiger partial charge < -0.3 is 10.0 Å². The molecule has 2 rings (SSSR count). The normalized spacial score (nSPS) is 15.7. The first kappa shape index (κ1) is 12.7. The van der Waals surface area contributed by atoms with Crippen LogP contribution in [-0.4, -0.2) is 17.4 Å². The zero-order chi connectivity index (χ0) is 13.3. The molecule has 0 aliphatic carbocycles. The van der Waals surface area contributed by atoms with E-state index in [1.807, 2.05) is 30.0 Å². The summed E-state index contributed by atoms with van der Waals surface area (Å²) in [6.45, 7) is 3.66. The third kappa shape index (κ3) is 2.27. The van der Waals surface area contributed by atoms with Crippen LogP contribution in [0.1, 0.15) is 13.8 Å².